The van der Waals surface area contributed by atoms with Gasteiger partial charge in [-0.1, -0.05) is 19.1 Å². The Morgan fingerprint density at radius 3 is 2.50 bits per heavy atom. The number of aryl methyl sites for hydroxylation is 1. The van der Waals surface area contributed by atoms with E-state index in [2.05, 4.69) is 5.32 Å². The lowest BCUT2D eigenvalue weighted by Crippen LogP contribution is -2.25. The number of carbonyl (C=O) groups is 2. The highest BCUT2D eigenvalue weighted by molar-refractivity contribution is 5.96. The summed E-state index contributed by atoms with van der Waals surface area (Å²) in [4.78, 5) is 23.0. The molecule has 1 aromatic heterocycles. The van der Waals surface area contributed by atoms with E-state index in [9.17, 15) is 14.0 Å². The normalized spacial score (nSPS) is 10.5. The molecule has 0 aliphatic carbocycles. The molecule has 0 atom stereocenters. The van der Waals surface area contributed by atoms with E-state index in [1.54, 1.807) is 19.1 Å². The van der Waals surface area contributed by atoms with Crippen LogP contribution in [0.15, 0.2) is 34.7 Å². The molecule has 5 nitrogen and oxygen atoms in total. The van der Waals surface area contributed by atoms with Gasteiger partial charge in [0.25, 0.3) is 5.91 Å². The van der Waals surface area contributed by atoms with Crippen LogP contribution in [-0.4, -0.2) is 23.5 Å². The first-order valence-corrected chi connectivity index (χ1v) is 6.90. The van der Waals surface area contributed by atoms with E-state index >= 15 is 0 Å². The van der Waals surface area contributed by atoms with Crippen molar-refractivity contribution >= 4 is 11.9 Å². The molecule has 2 aromatic rings. The number of furan rings is 1. The van der Waals surface area contributed by atoms with E-state index in [1.165, 1.54) is 18.2 Å². The lowest BCUT2D eigenvalue weighted by Gasteiger charge is -2.03. The van der Waals surface area contributed by atoms with Crippen LogP contribution in [-0.2, 0) is 12.8 Å². The highest BCUT2D eigenvalue weighted by atomic mass is 19.1. The molecule has 0 saturated heterocycles. The molecular formula is C16H16FNO4. The number of halogens is 1. The maximum Gasteiger partial charge on any atom is 0.339 e. The first-order valence-electron chi connectivity index (χ1n) is 6.90. The maximum absolute atomic E-state index is 12.8. The minimum Gasteiger partial charge on any atom is -0.478 e. The third-order valence-electron chi connectivity index (χ3n) is 3.20. The Morgan fingerprint density at radius 1 is 1.27 bits per heavy atom. The predicted octanol–water partition coefficient (Wildman–Crippen LogP) is 2.65. The van der Waals surface area contributed by atoms with Crippen LogP contribution in [0.5, 0.6) is 0 Å². The molecule has 116 valence electrons. The number of benzene rings is 1. The van der Waals surface area contributed by atoms with E-state index in [1.807, 2.05) is 0 Å². The monoisotopic (exact) mass is 305 g/mol. The summed E-state index contributed by atoms with van der Waals surface area (Å²) >= 11 is 0. The van der Waals surface area contributed by atoms with Gasteiger partial charge in [-0.3, -0.25) is 4.79 Å². The first-order chi connectivity index (χ1) is 10.5. The smallest absolute Gasteiger partial charge is 0.339 e. The van der Waals surface area contributed by atoms with E-state index in [0.717, 1.165) is 5.56 Å². The molecule has 2 rings (SSSR count). The van der Waals surface area contributed by atoms with Crippen LogP contribution in [0.2, 0.25) is 0 Å². The Labute approximate surface area is 126 Å². The summed E-state index contributed by atoms with van der Waals surface area (Å²) < 4.78 is 18.0. The molecule has 1 aromatic carbocycles. The molecule has 0 saturated carbocycles. The number of carbonyl (C=O) groups excluding carboxylic acids is 1. The summed E-state index contributed by atoms with van der Waals surface area (Å²) in [6.07, 6.45) is 0.934. The summed E-state index contributed by atoms with van der Waals surface area (Å²) in [7, 11) is 0. The Bertz CT molecular complexity index is 676. The topological polar surface area (TPSA) is 79.5 Å². The standard InChI is InChI=1S/C16H16FNO4/c1-2-13-12(16(20)21)9-14(22-13)15(19)18-8-7-10-3-5-11(17)6-4-10/h3-6,9H,2,7-8H2,1H3,(H,18,19)(H,20,21). The largest absolute Gasteiger partial charge is 0.478 e. The zero-order chi connectivity index (χ0) is 16.1. The molecule has 1 heterocycles. The predicted molar refractivity (Wildman–Crippen MR) is 77.5 cm³/mol. The van der Waals surface area contributed by atoms with Gasteiger partial charge in [0.15, 0.2) is 5.76 Å². The van der Waals surface area contributed by atoms with Gasteiger partial charge < -0.3 is 14.8 Å². The van der Waals surface area contributed by atoms with Crippen LogP contribution in [0.25, 0.3) is 0 Å². The lowest BCUT2D eigenvalue weighted by atomic mass is 10.1. The van der Waals surface area contributed by atoms with E-state index in [0.29, 0.717) is 19.4 Å². The fourth-order valence-electron chi connectivity index (χ4n) is 2.04. The minimum absolute atomic E-state index is 0.00573. The third-order valence-corrected chi connectivity index (χ3v) is 3.20. The average Bonchev–Trinajstić information content (AvgIpc) is 2.94. The number of rotatable bonds is 6. The SMILES string of the molecule is CCc1oc(C(=O)NCCc2ccc(F)cc2)cc1C(=O)O. The first kappa shape index (κ1) is 15.8. The average molecular weight is 305 g/mol. The molecule has 1 amide bonds. The molecule has 0 aliphatic rings. The second kappa shape index (κ2) is 6.89. The molecule has 0 fully saturated rings. The van der Waals surface area contributed by atoms with Crippen molar-refractivity contribution in [1.82, 2.24) is 5.32 Å². The number of carboxylic acids is 1. The van der Waals surface area contributed by atoms with Crippen LogP contribution in [0, 0.1) is 5.82 Å². The van der Waals surface area contributed by atoms with Crippen molar-refractivity contribution < 1.29 is 23.5 Å². The lowest BCUT2D eigenvalue weighted by molar-refractivity contribution is 0.0694. The minimum atomic E-state index is -1.12. The number of hydrogen-bond acceptors (Lipinski definition) is 3. The molecule has 0 aliphatic heterocycles. The van der Waals surface area contributed by atoms with Crippen molar-refractivity contribution in [2.75, 3.05) is 6.54 Å². The summed E-state index contributed by atoms with van der Waals surface area (Å²) in [5.74, 6) is -1.64. The second-order valence-electron chi connectivity index (χ2n) is 4.74. The van der Waals surface area contributed by atoms with Crippen molar-refractivity contribution in [1.29, 1.82) is 0 Å². The summed E-state index contributed by atoms with van der Waals surface area (Å²) in [5.41, 5.74) is 0.896. The van der Waals surface area contributed by atoms with Crippen LogP contribution in [0.1, 0.15) is 39.2 Å². The molecule has 6 heteroatoms. The maximum atomic E-state index is 12.8. The van der Waals surface area contributed by atoms with Gasteiger partial charge in [0.2, 0.25) is 0 Å². The number of carboxylic acid groups (broad SMARTS) is 1. The summed E-state index contributed by atoms with van der Waals surface area (Å²) in [6.45, 7) is 2.09. The van der Waals surface area contributed by atoms with E-state index < -0.39 is 11.9 Å². The molecule has 0 bridgehead atoms. The van der Waals surface area contributed by atoms with E-state index in [-0.39, 0.29) is 22.9 Å². The molecule has 22 heavy (non-hydrogen) atoms. The van der Waals surface area contributed by atoms with Crippen LogP contribution in [0.4, 0.5) is 4.39 Å². The highest BCUT2D eigenvalue weighted by Gasteiger charge is 2.19. The number of hydrogen-bond donors (Lipinski definition) is 2. The van der Waals surface area contributed by atoms with Crippen molar-refractivity contribution in [3.05, 3.63) is 58.8 Å². The molecule has 0 radical (unpaired) electrons. The van der Waals surface area contributed by atoms with Crippen molar-refractivity contribution in [2.45, 2.75) is 19.8 Å². The number of aromatic carboxylic acids is 1. The van der Waals surface area contributed by atoms with Crippen LogP contribution in [0.3, 0.4) is 0 Å². The third kappa shape index (κ3) is 3.72. The van der Waals surface area contributed by atoms with Gasteiger partial charge in [0.1, 0.15) is 17.1 Å². The van der Waals surface area contributed by atoms with Gasteiger partial charge in [-0.15, -0.1) is 0 Å². The van der Waals surface area contributed by atoms with Gasteiger partial charge in [-0.25, -0.2) is 9.18 Å². The summed E-state index contributed by atoms with van der Waals surface area (Å²) in [5, 5.41) is 11.7. The molecular weight excluding hydrogens is 289 g/mol. The van der Waals surface area contributed by atoms with Crippen LogP contribution < -0.4 is 5.32 Å². The number of nitrogens with one attached hydrogen (secondary N) is 1. The van der Waals surface area contributed by atoms with Crippen LogP contribution >= 0.6 is 0 Å². The zero-order valence-corrected chi connectivity index (χ0v) is 12.1. The number of amides is 1. The molecule has 0 unspecified atom stereocenters. The van der Waals surface area contributed by atoms with Gasteiger partial charge in [-0.2, -0.15) is 0 Å². The Balaban J connectivity index is 1.95. The van der Waals surface area contributed by atoms with Crippen molar-refractivity contribution in [2.24, 2.45) is 0 Å². The zero-order valence-electron chi connectivity index (χ0n) is 12.1. The highest BCUT2D eigenvalue weighted by Crippen LogP contribution is 2.16. The summed E-state index contributed by atoms with van der Waals surface area (Å²) in [6, 6.07) is 7.24. The molecule has 2 N–H and O–H groups in total. The van der Waals surface area contributed by atoms with Gasteiger partial charge in [0, 0.05) is 19.0 Å². The van der Waals surface area contributed by atoms with Gasteiger partial charge >= 0.3 is 5.97 Å². The fraction of sp³-hybridized carbons (Fsp3) is 0.250. The van der Waals surface area contributed by atoms with Gasteiger partial charge in [-0.05, 0) is 24.1 Å². The Kier molecular flexibility index (Phi) is 4.93. The fourth-order valence-corrected chi connectivity index (χ4v) is 2.04. The Hall–Kier alpha value is -2.63. The van der Waals surface area contributed by atoms with E-state index in [4.69, 9.17) is 9.52 Å². The Morgan fingerprint density at radius 2 is 1.95 bits per heavy atom. The van der Waals surface area contributed by atoms with Crippen molar-refractivity contribution in [3.63, 3.8) is 0 Å². The quantitative estimate of drug-likeness (QED) is 0.860. The van der Waals surface area contributed by atoms with Gasteiger partial charge in [0.05, 0.1) is 0 Å². The second-order valence-corrected chi connectivity index (χ2v) is 4.74. The molecule has 0 spiro atoms. The van der Waals surface area contributed by atoms with Crippen molar-refractivity contribution in [3.8, 4) is 0 Å².